The van der Waals surface area contributed by atoms with Crippen LogP contribution in [0.1, 0.15) is 56.1 Å². The molecule has 1 aromatic heterocycles. The zero-order valence-electron chi connectivity index (χ0n) is 14.6. The number of nitrogens with one attached hydrogen (secondary N) is 1. The first-order chi connectivity index (χ1) is 11.1. The number of nitrogens with zero attached hydrogens (tertiary/aromatic N) is 3. The van der Waals surface area contributed by atoms with E-state index in [2.05, 4.69) is 58.6 Å². The molecule has 0 aliphatic rings. The molecule has 0 amide bonds. The standard InChI is InChI=1S/C19H26N4/c1-5-8-16-10-7-11-17(13-16)15(4)22-23-19-20-14(3)12-18(21-19)9-6-2/h7,10-13H,5-6,8-9H2,1-4H3,(H,20,21,23). The number of aryl methyl sites for hydroxylation is 3. The highest BCUT2D eigenvalue weighted by Gasteiger charge is 2.03. The van der Waals surface area contributed by atoms with Crippen LogP contribution in [0.15, 0.2) is 35.4 Å². The lowest BCUT2D eigenvalue weighted by Crippen LogP contribution is -2.05. The van der Waals surface area contributed by atoms with Gasteiger partial charge < -0.3 is 0 Å². The van der Waals surface area contributed by atoms with Gasteiger partial charge in [-0.2, -0.15) is 5.10 Å². The molecule has 4 nitrogen and oxygen atoms in total. The third kappa shape index (κ3) is 5.16. The second-order valence-corrected chi connectivity index (χ2v) is 5.83. The maximum Gasteiger partial charge on any atom is 0.243 e. The van der Waals surface area contributed by atoms with Crippen LogP contribution in [0.25, 0.3) is 0 Å². The molecule has 4 heteroatoms. The van der Waals surface area contributed by atoms with E-state index in [0.717, 1.165) is 48.3 Å². The SMILES string of the molecule is CCCc1cccc(C(C)=NNc2nc(C)cc(CCC)n2)c1. The largest absolute Gasteiger partial charge is 0.245 e. The Bertz CT molecular complexity index is 677. The quantitative estimate of drug-likeness (QED) is 0.604. The molecule has 23 heavy (non-hydrogen) atoms. The average Bonchev–Trinajstić information content (AvgIpc) is 2.53. The van der Waals surface area contributed by atoms with Crippen LogP contribution in [0.4, 0.5) is 5.95 Å². The summed E-state index contributed by atoms with van der Waals surface area (Å²) < 4.78 is 0. The van der Waals surface area contributed by atoms with Gasteiger partial charge >= 0.3 is 0 Å². The molecular weight excluding hydrogens is 284 g/mol. The lowest BCUT2D eigenvalue weighted by atomic mass is 10.0. The highest BCUT2D eigenvalue weighted by Crippen LogP contribution is 2.10. The number of rotatable bonds is 7. The van der Waals surface area contributed by atoms with Gasteiger partial charge in [0.15, 0.2) is 0 Å². The Kier molecular flexibility index (Phi) is 6.27. The Labute approximate surface area is 139 Å². The van der Waals surface area contributed by atoms with Crippen LogP contribution < -0.4 is 5.43 Å². The topological polar surface area (TPSA) is 50.2 Å². The highest BCUT2D eigenvalue weighted by molar-refractivity contribution is 5.99. The van der Waals surface area contributed by atoms with Gasteiger partial charge in [0.05, 0.1) is 5.71 Å². The Morgan fingerprint density at radius 1 is 1.09 bits per heavy atom. The molecule has 122 valence electrons. The van der Waals surface area contributed by atoms with Crippen LogP contribution >= 0.6 is 0 Å². The highest BCUT2D eigenvalue weighted by atomic mass is 15.4. The molecular formula is C19H26N4. The average molecular weight is 310 g/mol. The van der Waals surface area contributed by atoms with Crippen molar-refractivity contribution in [3.05, 3.63) is 52.8 Å². The second kappa shape index (κ2) is 8.42. The van der Waals surface area contributed by atoms with Crippen LogP contribution in [0.3, 0.4) is 0 Å². The van der Waals surface area contributed by atoms with Gasteiger partial charge in [-0.1, -0.05) is 44.9 Å². The summed E-state index contributed by atoms with van der Waals surface area (Å²) in [6.07, 6.45) is 4.27. The Hall–Kier alpha value is -2.23. The molecule has 0 unspecified atom stereocenters. The van der Waals surface area contributed by atoms with E-state index in [4.69, 9.17) is 0 Å². The van der Waals surface area contributed by atoms with Crippen molar-refractivity contribution in [3.63, 3.8) is 0 Å². The molecule has 1 aromatic carbocycles. The zero-order valence-corrected chi connectivity index (χ0v) is 14.6. The maximum absolute atomic E-state index is 4.51. The van der Waals surface area contributed by atoms with Gasteiger partial charge in [-0.25, -0.2) is 15.4 Å². The summed E-state index contributed by atoms with van der Waals surface area (Å²) in [5, 5.41) is 4.45. The molecule has 1 N–H and O–H groups in total. The molecule has 2 aromatic rings. The van der Waals surface area contributed by atoms with Crippen LogP contribution in [0.2, 0.25) is 0 Å². The van der Waals surface area contributed by atoms with Gasteiger partial charge in [-0.05, 0) is 49.9 Å². The van der Waals surface area contributed by atoms with Crippen molar-refractivity contribution in [2.45, 2.75) is 53.4 Å². The van der Waals surface area contributed by atoms with E-state index < -0.39 is 0 Å². The fraction of sp³-hybridized carbons (Fsp3) is 0.421. The lowest BCUT2D eigenvalue weighted by Gasteiger charge is -2.07. The summed E-state index contributed by atoms with van der Waals surface area (Å²) in [5.41, 5.74) is 8.43. The van der Waals surface area contributed by atoms with Crippen molar-refractivity contribution in [2.75, 3.05) is 5.43 Å². The Morgan fingerprint density at radius 2 is 1.87 bits per heavy atom. The zero-order chi connectivity index (χ0) is 16.7. The smallest absolute Gasteiger partial charge is 0.243 e. The first-order valence-electron chi connectivity index (χ1n) is 8.36. The third-order valence-corrected chi connectivity index (χ3v) is 3.62. The van der Waals surface area contributed by atoms with Crippen LogP contribution in [-0.2, 0) is 12.8 Å². The third-order valence-electron chi connectivity index (χ3n) is 3.62. The van der Waals surface area contributed by atoms with Crippen molar-refractivity contribution >= 4 is 11.7 Å². The Balaban J connectivity index is 2.14. The molecule has 0 atom stereocenters. The normalized spacial score (nSPS) is 11.6. The van der Waals surface area contributed by atoms with E-state index in [9.17, 15) is 0 Å². The molecule has 0 aliphatic heterocycles. The molecule has 1 heterocycles. The number of aromatic nitrogens is 2. The maximum atomic E-state index is 4.51. The molecule has 0 spiro atoms. The molecule has 0 saturated heterocycles. The monoisotopic (exact) mass is 310 g/mol. The molecule has 0 aliphatic carbocycles. The fourth-order valence-electron chi connectivity index (χ4n) is 2.51. The number of hydrogen-bond donors (Lipinski definition) is 1. The number of anilines is 1. The first-order valence-corrected chi connectivity index (χ1v) is 8.36. The summed E-state index contributed by atoms with van der Waals surface area (Å²) in [6, 6.07) is 10.6. The van der Waals surface area contributed by atoms with Gasteiger partial charge in [0, 0.05) is 11.4 Å². The van der Waals surface area contributed by atoms with Gasteiger partial charge in [0.1, 0.15) is 0 Å². The van der Waals surface area contributed by atoms with E-state index in [1.807, 2.05) is 19.9 Å². The van der Waals surface area contributed by atoms with Crippen LogP contribution in [0, 0.1) is 6.92 Å². The van der Waals surface area contributed by atoms with Crippen molar-refractivity contribution in [1.82, 2.24) is 9.97 Å². The molecule has 0 fully saturated rings. The molecule has 2 rings (SSSR count). The molecule has 0 radical (unpaired) electrons. The first kappa shape index (κ1) is 17.1. The molecule has 0 bridgehead atoms. The van der Waals surface area contributed by atoms with Crippen molar-refractivity contribution in [3.8, 4) is 0 Å². The van der Waals surface area contributed by atoms with Gasteiger partial charge in [0.2, 0.25) is 5.95 Å². The van der Waals surface area contributed by atoms with Gasteiger partial charge in [-0.3, -0.25) is 0 Å². The van der Waals surface area contributed by atoms with Crippen molar-refractivity contribution in [2.24, 2.45) is 5.10 Å². The van der Waals surface area contributed by atoms with E-state index in [-0.39, 0.29) is 0 Å². The predicted octanol–water partition coefficient (Wildman–Crippen LogP) is 4.53. The molecule has 0 saturated carbocycles. The minimum Gasteiger partial charge on any atom is -0.245 e. The minimum absolute atomic E-state index is 0.567. The second-order valence-electron chi connectivity index (χ2n) is 5.83. The van der Waals surface area contributed by atoms with E-state index in [0.29, 0.717) is 5.95 Å². The summed E-state index contributed by atoms with van der Waals surface area (Å²) in [6.45, 7) is 8.33. The van der Waals surface area contributed by atoms with Crippen molar-refractivity contribution < 1.29 is 0 Å². The van der Waals surface area contributed by atoms with Crippen molar-refractivity contribution in [1.29, 1.82) is 0 Å². The fourth-order valence-corrected chi connectivity index (χ4v) is 2.51. The number of benzene rings is 1. The van der Waals surface area contributed by atoms with Gasteiger partial charge in [0.25, 0.3) is 0 Å². The predicted molar refractivity (Wildman–Crippen MR) is 97.0 cm³/mol. The Morgan fingerprint density at radius 3 is 2.61 bits per heavy atom. The van der Waals surface area contributed by atoms with E-state index >= 15 is 0 Å². The minimum atomic E-state index is 0.567. The lowest BCUT2D eigenvalue weighted by molar-refractivity contribution is 0.866. The summed E-state index contributed by atoms with van der Waals surface area (Å²) in [4.78, 5) is 8.91. The number of hydrogen-bond acceptors (Lipinski definition) is 4. The van der Waals surface area contributed by atoms with Crippen LogP contribution in [0.5, 0.6) is 0 Å². The van der Waals surface area contributed by atoms with Crippen LogP contribution in [-0.4, -0.2) is 15.7 Å². The van der Waals surface area contributed by atoms with Gasteiger partial charge in [-0.15, -0.1) is 0 Å². The summed E-state index contributed by atoms with van der Waals surface area (Å²) in [5.74, 6) is 0.567. The summed E-state index contributed by atoms with van der Waals surface area (Å²) >= 11 is 0. The summed E-state index contributed by atoms with van der Waals surface area (Å²) in [7, 11) is 0. The number of hydrazone groups is 1. The van der Waals surface area contributed by atoms with E-state index in [1.165, 1.54) is 5.56 Å². The van der Waals surface area contributed by atoms with E-state index in [1.54, 1.807) is 0 Å².